The van der Waals surface area contributed by atoms with Crippen LogP contribution in [0.4, 0.5) is 5.82 Å². The van der Waals surface area contributed by atoms with E-state index in [2.05, 4.69) is 25.4 Å². The number of pyridine rings is 1. The maximum absolute atomic E-state index is 12.3. The van der Waals surface area contributed by atoms with E-state index in [4.69, 9.17) is 4.42 Å². The molecule has 1 aliphatic rings. The van der Waals surface area contributed by atoms with Crippen LogP contribution >= 0.6 is 0 Å². The van der Waals surface area contributed by atoms with E-state index in [9.17, 15) is 4.79 Å². The first-order valence-corrected chi connectivity index (χ1v) is 9.37. The Morgan fingerprint density at radius 3 is 2.74 bits per heavy atom. The van der Waals surface area contributed by atoms with Crippen molar-refractivity contribution in [1.82, 2.24) is 20.5 Å². The average Bonchev–Trinajstić information content (AvgIpc) is 3.33. The first-order valence-electron chi connectivity index (χ1n) is 9.37. The van der Waals surface area contributed by atoms with Crippen molar-refractivity contribution in [3.63, 3.8) is 0 Å². The van der Waals surface area contributed by atoms with Crippen LogP contribution < -0.4 is 10.2 Å². The molecule has 140 valence electrons. The molecule has 0 radical (unpaired) electrons. The van der Waals surface area contributed by atoms with Crippen LogP contribution in [0.5, 0.6) is 0 Å². The molecule has 2 N–H and O–H groups in total. The predicted molar refractivity (Wildman–Crippen MR) is 102 cm³/mol. The Labute approximate surface area is 157 Å². The molecular weight excluding hydrogens is 342 g/mol. The summed E-state index contributed by atoms with van der Waals surface area (Å²) in [4.78, 5) is 19.2. The molecule has 3 aromatic heterocycles. The van der Waals surface area contributed by atoms with Gasteiger partial charge in [0.25, 0.3) is 5.91 Å². The molecule has 3 aromatic rings. The van der Waals surface area contributed by atoms with E-state index in [-0.39, 0.29) is 5.91 Å². The largest absolute Gasteiger partial charge is 0.463 e. The monoisotopic (exact) mass is 365 g/mol. The molecule has 7 nitrogen and oxygen atoms in total. The summed E-state index contributed by atoms with van der Waals surface area (Å²) < 4.78 is 5.30. The number of carbonyl (C=O) groups excluding carboxylic acids is 1. The number of aromatic nitrogens is 3. The molecule has 0 aliphatic carbocycles. The van der Waals surface area contributed by atoms with Crippen molar-refractivity contribution < 1.29 is 9.21 Å². The number of H-pyrrole nitrogens is 1. The van der Waals surface area contributed by atoms with Gasteiger partial charge in [-0.2, -0.15) is 5.10 Å². The maximum atomic E-state index is 12.3. The van der Waals surface area contributed by atoms with Crippen molar-refractivity contribution in [3.8, 4) is 11.5 Å². The van der Waals surface area contributed by atoms with Crippen molar-refractivity contribution >= 4 is 11.7 Å². The minimum atomic E-state index is -0.236. The molecule has 0 aromatic carbocycles. The summed E-state index contributed by atoms with van der Waals surface area (Å²) in [6, 6.07) is 9.34. The van der Waals surface area contributed by atoms with E-state index in [0.29, 0.717) is 23.7 Å². The summed E-state index contributed by atoms with van der Waals surface area (Å²) in [7, 11) is 0. The number of carbonyl (C=O) groups is 1. The van der Waals surface area contributed by atoms with Crippen molar-refractivity contribution in [3.05, 3.63) is 54.0 Å². The minimum absolute atomic E-state index is 0.236. The summed E-state index contributed by atoms with van der Waals surface area (Å²) in [6.45, 7) is 2.55. The van der Waals surface area contributed by atoms with E-state index in [1.165, 1.54) is 25.7 Å². The van der Waals surface area contributed by atoms with Gasteiger partial charge in [0, 0.05) is 31.9 Å². The molecule has 0 saturated carbocycles. The fraction of sp³-hybridized carbons (Fsp3) is 0.350. The zero-order valence-electron chi connectivity index (χ0n) is 15.1. The Morgan fingerprint density at radius 1 is 1.19 bits per heavy atom. The number of nitrogens with zero attached hydrogens (tertiary/aromatic N) is 3. The third-order valence-corrected chi connectivity index (χ3v) is 4.79. The molecule has 1 aliphatic heterocycles. The van der Waals surface area contributed by atoms with Gasteiger partial charge >= 0.3 is 0 Å². The highest BCUT2D eigenvalue weighted by molar-refractivity contribution is 5.93. The smallest absolute Gasteiger partial charge is 0.272 e. The quantitative estimate of drug-likeness (QED) is 0.724. The van der Waals surface area contributed by atoms with E-state index >= 15 is 0 Å². The van der Waals surface area contributed by atoms with Gasteiger partial charge in [-0.3, -0.25) is 9.89 Å². The molecule has 0 spiro atoms. The summed E-state index contributed by atoms with van der Waals surface area (Å²) in [5, 5.41) is 9.74. The predicted octanol–water partition coefficient (Wildman–Crippen LogP) is 3.38. The highest BCUT2D eigenvalue weighted by Crippen LogP contribution is 2.19. The maximum Gasteiger partial charge on any atom is 0.272 e. The number of hydrogen-bond acceptors (Lipinski definition) is 5. The second-order valence-electron chi connectivity index (χ2n) is 6.75. The highest BCUT2D eigenvalue weighted by Gasteiger charge is 2.13. The number of anilines is 1. The van der Waals surface area contributed by atoms with E-state index in [1.54, 1.807) is 18.4 Å². The second-order valence-corrected chi connectivity index (χ2v) is 6.75. The van der Waals surface area contributed by atoms with E-state index in [0.717, 1.165) is 24.5 Å². The standard InChI is InChI=1S/C20H23N5O2/c26-20(17-12-16(23-24-17)18-6-5-11-27-18)22-14-15-7-8-19(21-13-15)25-9-3-1-2-4-10-25/h5-8,11-13H,1-4,9-10,14H2,(H,22,26)(H,23,24). The second kappa shape index (κ2) is 8.07. The van der Waals surface area contributed by atoms with E-state index in [1.807, 2.05) is 24.4 Å². The minimum Gasteiger partial charge on any atom is -0.463 e. The Kier molecular flexibility index (Phi) is 5.18. The average molecular weight is 365 g/mol. The molecule has 0 atom stereocenters. The normalized spacial score (nSPS) is 14.7. The van der Waals surface area contributed by atoms with Crippen molar-refractivity contribution in [2.24, 2.45) is 0 Å². The molecule has 1 saturated heterocycles. The van der Waals surface area contributed by atoms with Crippen LogP contribution in [-0.2, 0) is 6.54 Å². The zero-order chi connectivity index (χ0) is 18.5. The molecule has 1 fully saturated rings. The van der Waals surface area contributed by atoms with Gasteiger partial charge in [-0.15, -0.1) is 0 Å². The van der Waals surface area contributed by atoms with Gasteiger partial charge in [-0.1, -0.05) is 18.9 Å². The third kappa shape index (κ3) is 4.19. The lowest BCUT2D eigenvalue weighted by Crippen LogP contribution is -2.25. The fourth-order valence-electron chi connectivity index (χ4n) is 3.28. The Balaban J connectivity index is 1.33. The van der Waals surface area contributed by atoms with E-state index < -0.39 is 0 Å². The first kappa shape index (κ1) is 17.3. The number of nitrogens with one attached hydrogen (secondary N) is 2. The lowest BCUT2D eigenvalue weighted by atomic mass is 10.2. The Hall–Kier alpha value is -3.09. The fourth-order valence-corrected chi connectivity index (χ4v) is 3.28. The van der Waals surface area contributed by atoms with Crippen LogP contribution in [0.2, 0.25) is 0 Å². The summed E-state index contributed by atoms with van der Waals surface area (Å²) in [6.07, 6.45) is 8.47. The summed E-state index contributed by atoms with van der Waals surface area (Å²) >= 11 is 0. The highest BCUT2D eigenvalue weighted by atomic mass is 16.3. The van der Waals surface area contributed by atoms with Crippen LogP contribution in [0, 0.1) is 0 Å². The SMILES string of the molecule is O=C(NCc1ccc(N2CCCCCC2)nc1)c1cc(-c2ccco2)[nH]n1. The lowest BCUT2D eigenvalue weighted by Gasteiger charge is -2.21. The van der Waals surface area contributed by atoms with Crippen LogP contribution in [0.25, 0.3) is 11.5 Å². The number of furan rings is 1. The number of rotatable bonds is 5. The first-order chi connectivity index (χ1) is 13.3. The molecule has 1 amide bonds. The third-order valence-electron chi connectivity index (χ3n) is 4.79. The summed E-state index contributed by atoms with van der Waals surface area (Å²) in [5.41, 5.74) is 1.97. The van der Waals surface area contributed by atoms with Gasteiger partial charge < -0.3 is 14.6 Å². The van der Waals surface area contributed by atoms with Gasteiger partial charge in [0.2, 0.25) is 0 Å². The van der Waals surface area contributed by atoms with Crippen molar-refractivity contribution in [2.75, 3.05) is 18.0 Å². The summed E-state index contributed by atoms with van der Waals surface area (Å²) in [5.74, 6) is 1.43. The van der Waals surface area contributed by atoms with Crippen LogP contribution in [-0.4, -0.2) is 34.2 Å². The molecule has 0 bridgehead atoms. The van der Waals surface area contributed by atoms with Gasteiger partial charge in [0.15, 0.2) is 11.5 Å². The molecular formula is C20H23N5O2. The van der Waals surface area contributed by atoms with Crippen molar-refractivity contribution in [2.45, 2.75) is 32.2 Å². The Morgan fingerprint density at radius 2 is 2.04 bits per heavy atom. The van der Waals surface area contributed by atoms with Gasteiger partial charge in [-0.05, 0) is 36.6 Å². The number of aromatic amines is 1. The number of hydrogen-bond donors (Lipinski definition) is 2. The Bertz CT molecular complexity index is 862. The zero-order valence-corrected chi connectivity index (χ0v) is 15.1. The molecule has 4 heterocycles. The van der Waals surface area contributed by atoms with Crippen LogP contribution in [0.3, 0.4) is 0 Å². The topological polar surface area (TPSA) is 87.0 Å². The number of amides is 1. The molecule has 0 unspecified atom stereocenters. The van der Waals surface area contributed by atoms with Gasteiger partial charge in [0.05, 0.1) is 6.26 Å². The van der Waals surface area contributed by atoms with Crippen molar-refractivity contribution in [1.29, 1.82) is 0 Å². The lowest BCUT2D eigenvalue weighted by molar-refractivity contribution is 0.0946. The molecule has 7 heteroatoms. The van der Waals surface area contributed by atoms with Crippen LogP contribution in [0.15, 0.2) is 47.2 Å². The van der Waals surface area contributed by atoms with Crippen LogP contribution in [0.1, 0.15) is 41.7 Å². The molecule has 27 heavy (non-hydrogen) atoms. The molecule has 4 rings (SSSR count). The van der Waals surface area contributed by atoms with Gasteiger partial charge in [-0.25, -0.2) is 4.98 Å². The van der Waals surface area contributed by atoms with Gasteiger partial charge in [0.1, 0.15) is 11.5 Å².